The Kier molecular flexibility index (Phi) is 9.97. The van der Waals surface area contributed by atoms with Gasteiger partial charge >= 0.3 is 12.0 Å². The summed E-state index contributed by atoms with van der Waals surface area (Å²) in [7, 11) is 0. The van der Waals surface area contributed by atoms with Crippen LogP contribution in [0.5, 0.6) is 0 Å². The van der Waals surface area contributed by atoms with Crippen molar-refractivity contribution < 1.29 is 19.5 Å². The first-order valence-corrected chi connectivity index (χ1v) is 7.63. The Bertz CT molecular complexity index is 310. The van der Waals surface area contributed by atoms with Crippen molar-refractivity contribution in [2.75, 3.05) is 18.6 Å². The van der Waals surface area contributed by atoms with Gasteiger partial charge in [0.05, 0.1) is 0 Å². The van der Waals surface area contributed by atoms with Gasteiger partial charge in [0.15, 0.2) is 0 Å². The summed E-state index contributed by atoms with van der Waals surface area (Å²) in [5.74, 6) is 0.0522. The number of thioether (sulfide) groups is 1. The molecule has 3 amide bonds. The predicted molar refractivity (Wildman–Crippen MR) is 75.2 cm³/mol. The van der Waals surface area contributed by atoms with Crippen LogP contribution in [0.25, 0.3) is 0 Å². The molecule has 19 heavy (non-hydrogen) atoms. The minimum atomic E-state index is -0.874. The third-order valence-electron chi connectivity index (χ3n) is 2.36. The molecule has 0 aromatic heterocycles. The summed E-state index contributed by atoms with van der Waals surface area (Å²) in [6.45, 7) is 2.55. The molecule has 0 saturated heterocycles. The molecule has 0 heterocycles. The highest BCUT2D eigenvalue weighted by Gasteiger charge is 2.09. The Labute approximate surface area is 117 Å². The van der Waals surface area contributed by atoms with Crippen LogP contribution in [0.3, 0.4) is 0 Å². The van der Waals surface area contributed by atoms with Crippen LogP contribution >= 0.6 is 11.8 Å². The molecule has 6 nitrogen and oxygen atoms in total. The van der Waals surface area contributed by atoms with Gasteiger partial charge in [0.1, 0.15) is 0 Å². The van der Waals surface area contributed by atoms with E-state index in [4.69, 9.17) is 5.11 Å². The predicted octanol–water partition coefficient (Wildman–Crippen LogP) is 1.46. The number of hydrogen-bond acceptors (Lipinski definition) is 4. The van der Waals surface area contributed by atoms with E-state index in [0.717, 1.165) is 5.75 Å². The highest BCUT2D eigenvalue weighted by atomic mass is 32.2. The summed E-state index contributed by atoms with van der Waals surface area (Å²) < 4.78 is 0. The maximum Gasteiger partial charge on any atom is 0.321 e. The zero-order valence-corrected chi connectivity index (χ0v) is 12.2. The van der Waals surface area contributed by atoms with Crippen molar-refractivity contribution in [3.63, 3.8) is 0 Å². The van der Waals surface area contributed by atoms with E-state index in [0.29, 0.717) is 25.3 Å². The summed E-state index contributed by atoms with van der Waals surface area (Å²) in [4.78, 5) is 33.0. The van der Waals surface area contributed by atoms with Gasteiger partial charge in [-0.15, -0.1) is 0 Å². The first-order valence-electron chi connectivity index (χ1n) is 6.24. The zero-order chi connectivity index (χ0) is 14.7. The fraction of sp³-hybridized carbons (Fsp3) is 0.750. The van der Waals surface area contributed by atoms with Crippen LogP contribution in [0.1, 0.15) is 32.6 Å². The zero-order valence-electron chi connectivity index (χ0n) is 11.4. The number of imide groups is 1. The molecule has 0 aliphatic rings. The average molecular weight is 290 g/mol. The second kappa shape index (κ2) is 10.7. The minimum Gasteiger partial charge on any atom is -0.481 e. The lowest BCUT2D eigenvalue weighted by Gasteiger charge is -2.11. The largest absolute Gasteiger partial charge is 0.481 e. The van der Waals surface area contributed by atoms with Crippen LogP contribution < -0.4 is 10.6 Å². The number of urea groups is 1. The molecule has 0 aromatic rings. The number of carbonyl (C=O) groups excluding carboxylic acids is 2. The SMILES string of the molecule is CSCC(C)CNC(=O)NC(=O)CCCCC(=O)O. The molecule has 1 unspecified atom stereocenters. The Balaban J connectivity index is 3.63. The molecule has 110 valence electrons. The molecule has 0 spiro atoms. The average Bonchev–Trinajstić information content (AvgIpc) is 2.32. The molecular formula is C12H22N2O4S. The Morgan fingerprint density at radius 2 is 1.84 bits per heavy atom. The third kappa shape index (κ3) is 11.6. The monoisotopic (exact) mass is 290 g/mol. The van der Waals surface area contributed by atoms with Crippen LogP contribution in [0, 0.1) is 5.92 Å². The van der Waals surface area contributed by atoms with Crippen LogP contribution in [0.15, 0.2) is 0 Å². The smallest absolute Gasteiger partial charge is 0.321 e. The van der Waals surface area contributed by atoms with Gasteiger partial charge in [-0.2, -0.15) is 11.8 Å². The molecule has 1 atom stereocenters. The second-order valence-corrected chi connectivity index (χ2v) is 5.33. The molecule has 7 heteroatoms. The van der Waals surface area contributed by atoms with E-state index in [1.807, 2.05) is 13.2 Å². The lowest BCUT2D eigenvalue weighted by Crippen LogP contribution is -2.41. The molecule has 0 radical (unpaired) electrons. The molecule has 0 aliphatic heterocycles. The number of carbonyl (C=O) groups is 3. The molecular weight excluding hydrogens is 268 g/mol. The highest BCUT2D eigenvalue weighted by molar-refractivity contribution is 7.98. The molecule has 0 fully saturated rings. The molecule has 0 bridgehead atoms. The van der Waals surface area contributed by atoms with Gasteiger partial charge in [-0.25, -0.2) is 4.79 Å². The van der Waals surface area contributed by atoms with E-state index in [1.165, 1.54) is 0 Å². The van der Waals surface area contributed by atoms with Crippen molar-refractivity contribution in [1.82, 2.24) is 10.6 Å². The van der Waals surface area contributed by atoms with Gasteiger partial charge in [-0.1, -0.05) is 6.92 Å². The van der Waals surface area contributed by atoms with Crippen molar-refractivity contribution in [2.45, 2.75) is 32.6 Å². The van der Waals surface area contributed by atoms with Gasteiger partial charge in [0, 0.05) is 19.4 Å². The Morgan fingerprint density at radius 3 is 2.42 bits per heavy atom. The van der Waals surface area contributed by atoms with Crippen molar-refractivity contribution in [2.24, 2.45) is 5.92 Å². The normalized spacial score (nSPS) is 11.7. The first kappa shape index (κ1) is 17.8. The number of amides is 3. The number of carboxylic acid groups (broad SMARTS) is 1. The molecule has 0 saturated carbocycles. The van der Waals surface area contributed by atoms with E-state index in [9.17, 15) is 14.4 Å². The van der Waals surface area contributed by atoms with Gasteiger partial charge in [-0.3, -0.25) is 14.9 Å². The number of unbranched alkanes of at least 4 members (excludes halogenated alkanes) is 1. The topological polar surface area (TPSA) is 95.5 Å². The van der Waals surface area contributed by atoms with E-state index in [2.05, 4.69) is 10.6 Å². The second-order valence-electron chi connectivity index (χ2n) is 4.42. The van der Waals surface area contributed by atoms with Gasteiger partial charge in [0.2, 0.25) is 5.91 Å². The summed E-state index contributed by atoms with van der Waals surface area (Å²) >= 11 is 1.70. The van der Waals surface area contributed by atoms with Gasteiger partial charge < -0.3 is 10.4 Å². The third-order valence-corrected chi connectivity index (χ3v) is 3.26. The lowest BCUT2D eigenvalue weighted by molar-refractivity contribution is -0.137. The minimum absolute atomic E-state index is 0.0473. The van der Waals surface area contributed by atoms with E-state index >= 15 is 0 Å². The highest BCUT2D eigenvalue weighted by Crippen LogP contribution is 2.02. The van der Waals surface area contributed by atoms with Crippen LogP contribution in [0.4, 0.5) is 4.79 Å². The summed E-state index contributed by atoms with van der Waals surface area (Å²) in [5, 5.41) is 13.3. The van der Waals surface area contributed by atoms with Crippen molar-refractivity contribution in [3.05, 3.63) is 0 Å². The van der Waals surface area contributed by atoms with E-state index in [-0.39, 0.29) is 18.7 Å². The van der Waals surface area contributed by atoms with Crippen molar-refractivity contribution in [1.29, 1.82) is 0 Å². The number of carboxylic acids is 1. The molecule has 0 aliphatic carbocycles. The number of aliphatic carboxylic acids is 1. The summed E-state index contributed by atoms with van der Waals surface area (Å²) in [6, 6.07) is -0.490. The fourth-order valence-electron chi connectivity index (χ4n) is 1.41. The fourth-order valence-corrected chi connectivity index (χ4v) is 2.09. The quantitative estimate of drug-likeness (QED) is 0.559. The Hall–Kier alpha value is -1.24. The van der Waals surface area contributed by atoms with E-state index < -0.39 is 12.0 Å². The van der Waals surface area contributed by atoms with Crippen LogP contribution in [-0.2, 0) is 9.59 Å². The lowest BCUT2D eigenvalue weighted by atomic mass is 10.2. The number of rotatable bonds is 9. The number of hydrogen-bond donors (Lipinski definition) is 3. The Morgan fingerprint density at radius 1 is 1.21 bits per heavy atom. The molecule has 3 N–H and O–H groups in total. The summed E-state index contributed by atoms with van der Waals surface area (Å²) in [5.41, 5.74) is 0. The summed E-state index contributed by atoms with van der Waals surface area (Å²) in [6.07, 6.45) is 3.12. The van der Waals surface area contributed by atoms with Gasteiger partial charge in [-0.05, 0) is 30.8 Å². The van der Waals surface area contributed by atoms with Crippen molar-refractivity contribution >= 4 is 29.7 Å². The van der Waals surface area contributed by atoms with Crippen molar-refractivity contribution in [3.8, 4) is 0 Å². The van der Waals surface area contributed by atoms with Crippen LogP contribution in [0.2, 0.25) is 0 Å². The standard InChI is InChI=1S/C12H22N2O4S/c1-9(8-19-2)7-13-12(18)14-10(15)5-3-4-6-11(16)17/h9H,3-8H2,1-2H3,(H,16,17)(H2,13,14,15,18). The molecule has 0 aromatic carbocycles. The van der Waals surface area contributed by atoms with Crippen LogP contribution in [-0.4, -0.2) is 41.6 Å². The maximum atomic E-state index is 11.4. The number of nitrogens with one attached hydrogen (secondary N) is 2. The van der Waals surface area contributed by atoms with Gasteiger partial charge in [0.25, 0.3) is 0 Å². The molecule has 0 rings (SSSR count). The van der Waals surface area contributed by atoms with E-state index in [1.54, 1.807) is 11.8 Å². The maximum absolute atomic E-state index is 11.4. The first-order chi connectivity index (χ1) is 8.95.